The van der Waals surface area contributed by atoms with Crippen molar-refractivity contribution in [2.24, 2.45) is 35.3 Å². The number of aliphatic carboxylic acids is 1. The highest BCUT2D eigenvalue weighted by molar-refractivity contribution is 8.76. The summed E-state index contributed by atoms with van der Waals surface area (Å²) < 4.78 is 0. The van der Waals surface area contributed by atoms with Crippen molar-refractivity contribution in [3.05, 3.63) is 82.9 Å². The first-order valence-electron chi connectivity index (χ1n) is 17.9. The van der Waals surface area contributed by atoms with Gasteiger partial charge in [0.1, 0.15) is 0 Å². The molecule has 0 radical (unpaired) electrons. The van der Waals surface area contributed by atoms with Gasteiger partial charge in [0.05, 0.1) is 24.9 Å². The highest BCUT2D eigenvalue weighted by Gasteiger charge is 2.30. The number of hydrogen-bond donors (Lipinski definition) is 6. The van der Waals surface area contributed by atoms with E-state index < -0.39 is 18.2 Å². The molecule has 2 aliphatic rings. The lowest BCUT2D eigenvalue weighted by atomic mass is 9.75. The first kappa shape index (κ1) is 38.9. The van der Waals surface area contributed by atoms with E-state index in [0.29, 0.717) is 38.1 Å². The zero-order valence-corrected chi connectivity index (χ0v) is 29.9. The first-order valence-corrected chi connectivity index (χ1v) is 20.4. The molecule has 6 unspecified atom stereocenters. The summed E-state index contributed by atoms with van der Waals surface area (Å²) in [5, 5.41) is 51.5. The van der Waals surface area contributed by atoms with Crippen LogP contribution >= 0.6 is 21.6 Å². The van der Waals surface area contributed by atoms with Gasteiger partial charge < -0.3 is 31.3 Å². The third-order valence-corrected chi connectivity index (χ3v) is 13.1. The Hall–Kier alpha value is -1.85. The molecule has 266 valence electrons. The maximum atomic E-state index is 12.1. The number of aryl methyl sites for hydroxylation is 1. The predicted molar refractivity (Wildman–Crippen MR) is 197 cm³/mol. The average Bonchev–Trinajstić information content (AvgIpc) is 3.09. The number of hydrogen-bond acceptors (Lipinski definition) is 8. The summed E-state index contributed by atoms with van der Waals surface area (Å²) in [4.78, 5) is 12.1. The molecule has 1 aliphatic heterocycles. The van der Waals surface area contributed by atoms with Gasteiger partial charge in [-0.25, -0.2) is 0 Å². The minimum absolute atomic E-state index is 0.000583. The van der Waals surface area contributed by atoms with E-state index in [1.54, 1.807) is 6.08 Å². The molecule has 1 heterocycles. The molecule has 1 saturated carbocycles. The maximum Gasteiger partial charge on any atom is 0.303 e. The van der Waals surface area contributed by atoms with E-state index in [0.717, 1.165) is 62.0 Å². The molecule has 48 heavy (non-hydrogen) atoms. The van der Waals surface area contributed by atoms with Crippen LogP contribution in [0.4, 0.5) is 0 Å². The summed E-state index contributed by atoms with van der Waals surface area (Å²) in [6.45, 7) is 0.522. The number of rotatable bonds is 12. The number of carboxylic acid groups (broad SMARTS) is 1. The predicted octanol–water partition coefficient (Wildman–Crippen LogP) is 6.54. The Balaban J connectivity index is 1.60. The molecule has 2 aromatic carbocycles. The number of aliphatic hydroxyl groups is 4. The number of carbonyl (C=O) groups is 1. The summed E-state index contributed by atoms with van der Waals surface area (Å²) in [6, 6.07) is 16.7. The van der Waals surface area contributed by atoms with E-state index in [9.17, 15) is 30.3 Å². The lowest BCUT2D eigenvalue weighted by Crippen LogP contribution is -2.35. The average molecular weight is 700 g/mol. The zero-order valence-electron chi connectivity index (χ0n) is 28.2. The van der Waals surface area contributed by atoms with Crippen molar-refractivity contribution in [2.75, 3.05) is 12.3 Å². The summed E-state index contributed by atoms with van der Waals surface area (Å²) in [5.41, 5.74) is 10.8. The van der Waals surface area contributed by atoms with Crippen LogP contribution in [0.3, 0.4) is 0 Å². The van der Waals surface area contributed by atoms with Crippen LogP contribution in [0, 0.1) is 29.6 Å². The van der Waals surface area contributed by atoms with E-state index in [-0.39, 0.29) is 42.8 Å². The number of benzene rings is 2. The number of allylic oxidation sites excluding steroid dienone is 1. The molecule has 0 spiro atoms. The molecule has 4 rings (SSSR count). The molecular weight excluding hydrogens is 643 g/mol. The van der Waals surface area contributed by atoms with Crippen LogP contribution < -0.4 is 5.73 Å². The summed E-state index contributed by atoms with van der Waals surface area (Å²) in [7, 11) is 3.78. The van der Waals surface area contributed by atoms with Gasteiger partial charge in [-0.15, -0.1) is 0 Å². The van der Waals surface area contributed by atoms with Gasteiger partial charge in [0, 0.05) is 17.9 Å². The molecule has 0 amide bonds. The van der Waals surface area contributed by atoms with Gasteiger partial charge in [-0.05, 0) is 129 Å². The Bertz CT molecular complexity index is 1270. The van der Waals surface area contributed by atoms with Crippen LogP contribution in [0.15, 0.2) is 60.7 Å². The van der Waals surface area contributed by atoms with Crippen molar-refractivity contribution in [3.63, 3.8) is 0 Å². The molecule has 2 aromatic rings. The zero-order chi connectivity index (χ0) is 34.3. The molecule has 0 aromatic heterocycles. The molecular formula is C39H57NO6S2. The van der Waals surface area contributed by atoms with Crippen molar-refractivity contribution in [3.8, 4) is 0 Å². The fraction of sp³-hybridized carbons (Fsp3) is 0.615. The topological polar surface area (TPSA) is 144 Å². The fourth-order valence-electron chi connectivity index (χ4n) is 7.80. The lowest BCUT2D eigenvalue weighted by molar-refractivity contribution is -0.138. The van der Waals surface area contributed by atoms with Crippen molar-refractivity contribution >= 4 is 27.6 Å². The quantitative estimate of drug-likeness (QED) is 0.108. The molecule has 7 N–H and O–H groups in total. The van der Waals surface area contributed by atoms with Crippen LogP contribution in [0.1, 0.15) is 86.5 Å². The third kappa shape index (κ3) is 12.5. The van der Waals surface area contributed by atoms with Crippen LogP contribution in [0.25, 0.3) is 0 Å². The van der Waals surface area contributed by atoms with E-state index in [1.165, 1.54) is 16.7 Å². The van der Waals surface area contributed by atoms with Crippen molar-refractivity contribution in [2.45, 2.75) is 108 Å². The Morgan fingerprint density at radius 2 is 1.60 bits per heavy atom. The van der Waals surface area contributed by atoms with Gasteiger partial charge in [-0.3, -0.25) is 4.79 Å². The standard InChI is InChI=1S/C39H57NO6S2/c40-20-19-31-12-11-30(9-4-10-37(43)39(46)32-15-17-36(42)18-16-32)35(22-27-5-3-6-28(21-27)24-41)26-48-47-25-34-8-2-1-7-29(34)13-14-33(31)23-38(44)45/h1-8,10,21,30-33,35-37,39,41-43,46H,9,11-20,22-26,40H2,(H,44,45). The second-order valence-corrected chi connectivity index (χ2v) is 16.6. The normalized spacial score (nSPS) is 27.5. The summed E-state index contributed by atoms with van der Waals surface area (Å²) in [5.74, 6) is 1.84. The Morgan fingerprint density at radius 1 is 0.875 bits per heavy atom. The second-order valence-electron chi connectivity index (χ2n) is 14.0. The third-order valence-electron chi connectivity index (χ3n) is 10.7. The molecule has 0 bridgehead atoms. The van der Waals surface area contributed by atoms with E-state index in [1.807, 2.05) is 39.8 Å². The summed E-state index contributed by atoms with van der Waals surface area (Å²) in [6.07, 6.45) is 10.4. The largest absolute Gasteiger partial charge is 0.481 e. The number of carboxylic acids is 1. The highest BCUT2D eigenvalue weighted by atomic mass is 33.1. The molecule has 7 nitrogen and oxygen atoms in total. The molecule has 9 heteroatoms. The number of nitrogens with two attached hydrogens (primary N) is 1. The molecule has 1 aliphatic carbocycles. The van der Waals surface area contributed by atoms with Crippen molar-refractivity contribution in [1.29, 1.82) is 0 Å². The molecule has 0 saturated heterocycles. The van der Waals surface area contributed by atoms with Gasteiger partial charge >= 0.3 is 5.97 Å². The van der Waals surface area contributed by atoms with Crippen LogP contribution in [0.2, 0.25) is 0 Å². The van der Waals surface area contributed by atoms with Crippen LogP contribution in [-0.2, 0) is 30.0 Å². The van der Waals surface area contributed by atoms with Gasteiger partial charge in [-0.2, -0.15) is 0 Å². The number of aliphatic hydroxyl groups excluding tert-OH is 4. The molecule has 1 fully saturated rings. The van der Waals surface area contributed by atoms with Crippen molar-refractivity contribution in [1.82, 2.24) is 0 Å². The minimum Gasteiger partial charge on any atom is -0.481 e. The van der Waals surface area contributed by atoms with E-state index in [4.69, 9.17) is 5.73 Å². The Morgan fingerprint density at radius 3 is 2.33 bits per heavy atom. The van der Waals surface area contributed by atoms with Gasteiger partial charge in [0.15, 0.2) is 0 Å². The van der Waals surface area contributed by atoms with Crippen molar-refractivity contribution < 1.29 is 30.3 Å². The highest BCUT2D eigenvalue weighted by Crippen LogP contribution is 2.39. The minimum atomic E-state index is -0.960. The lowest BCUT2D eigenvalue weighted by Gasteiger charge is -2.32. The smallest absolute Gasteiger partial charge is 0.303 e. The first-order chi connectivity index (χ1) is 23.3. The SMILES string of the molecule is NCCC1CCC(CC=CC(O)C(O)C2CCC(O)CC2)C(Cc2cccc(CO)c2)CSSCc2ccccc2CCC1CC(=O)O. The fourth-order valence-corrected chi connectivity index (χ4v) is 10.4. The molecule has 6 atom stereocenters. The van der Waals surface area contributed by atoms with Gasteiger partial charge in [0.25, 0.3) is 0 Å². The van der Waals surface area contributed by atoms with E-state index >= 15 is 0 Å². The number of fused-ring (bicyclic) bond motifs is 1. The van der Waals surface area contributed by atoms with Gasteiger partial charge in [-0.1, -0.05) is 82.3 Å². The van der Waals surface area contributed by atoms with Crippen LogP contribution in [-0.4, -0.2) is 62.1 Å². The van der Waals surface area contributed by atoms with E-state index in [2.05, 4.69) is 36.4 Å². The van der Waals surface area contributed by atoms with Gasteiger partial charge in [0.2, 0.25) is 0 Å². The summed E-state index contributed by atoms with van der Waals surface area (Å²) >= 11 is 0. The second kappa shape index (κ2) is 20.7. The Kier molecular flexibility index (Phi) is 16.8. The monoisotopic (exact) mass is 699 g/mol. The Labute approximate surface area is 295 Å². The van der Waals surface area contributed by atoms with Crippen LogP contribution in [0.5, 0.6) is 0 Å². The maximum absolute atomic E-state index is 12.1.